The normalized spacial score (nSPS) is 15.8. The van der Waals surface area contributed by atoms with Crippen LogP contribution in [0.3, 0.4) is 0 Å². The van der Waals surface area contributed by atoms with E-state index in [9.17, 15) is 4.79 Å². The molecular formula is C13H18Cl3N3O. The molecule has 0 radical (unpaired) electrons. The van der Waals surface area contributed by atoms with Gasteiger partial charge in [0.25, 0.3) is 0 Å². The summed E-state index contributed by atoms with van der Waals surface area (Å²) in [4.78, 5) is 16.3. The first-order chi connectivity index (χ1) is 8.97. The summed E-state index contributed by atoms with van der Waals surface area (Å²) in [5.74, 6) is 0.102. The fourth-order valence-electron chi connectivity index (χ4n) is 2.08. The molecule has 0 saturated carbocycles. The minimum atomic E-state index is 0. The summed E-state index contributed by atoms with van der Waals surface area (Å²) >= 11 is 11.9. The highest BCUT2D eigenvalue weighted by Gasteiger charge is 2.19. The smallest absolute Gasteiger partial charge is 0.227 e. The van der Waals surface area contributed by atoms with Gasteiger partial charge in [0.15, 0.2) is 0 Å². The summed E-state index contributed by atoms with van der Waals surface area (Å²) in [5.41, 5.74) is 6.83. The van der Waals surface area contributed by atoms with E-state index in [2.05, 4.69) is 11.9 Å². The standard InChI is InChI=1S/C13H17Cl2N3O.ClH/c1-17-2-4-18(5-3-17)12(19)8-9-6-10(14)13(16)11(15)7-9;/h6-7H,2-5,8,16H2,1H3;1H. The number of nitrogen functional groups attached to an aromatic ring is 1. The van der Waals surface area contributed by atoms with E-state index in [0.717, 1.165) is 31.7 Å². The van der Waals surface area contributed by atoms with Crippen molar-refractivity contribution in [3.05, 3.63) is 27.7 Å². The van der Waals surface area contributed by atoms with Crippen LogP contribution in [0, 0.1) is 0 Å². The predicted octanol–water partition coefficient (Wildman–Crippen LogP) is 2.31. The van der Waals surface area contributed by atoms with E-state index in [1.807, 2.05) is 4.90 Å². The van der Waals surface area contributed by atoms with Gasteiger partial charge >= 0.3 is 0 Å². The Morgan fingerprint density at radius 1 is 1.20 bits per heavy atom. The summed E-state index contributed by atoms with van der Waals surface area (Å²) in [6.45, 7) is 3.36. The molecule has 2 rings (SSSR count). The van der Waals surface area contributed by atoms with Crippen molar-refractivity contribution >= 4 is 47.2 Å². The third kappa shape index (κ3) is 4.16. The van der Waals surface area contributed by atoms with Crippen LogP contribution >= 0.6 is 35.6 Å². The van der Waals surface area contributed by atoms with Crippen LogP contribution in [0.25, 0.3) is 0 Å². The van der Waals surface area contributed by atoms with E-state index >= 15 is 0 Å². The summed E-state index contributed by atoms with van der Waals surface area (Å²) < 4.78 is 0. The summed E-state index contributed by atoms with van der Waals surface area (Å²) in [6.07, 6.45) is 0.309. The maximum atomic E-state index is 12.2. The number of hydrogen-bond donors (Lipinski definition) is 1. The first kappa shape index (κ1) is 17.4. The van der Waals surface area contributed by atoms with E-state index in [1.165, 1.54) is 0 Å². The van der Waals surface area contributed by atoms with Gasteiger partial charge in [0.2, 0.25) is 5.91 Å². The average molecular weight is 339 g/mol. The molecular weight excluding hydrogens is 321 g/mol. The number of hydrogen-bond acceptors (Lipinski definition) is 3. The number of nitrogens with zero attached hydrogens (tertiary/aromatic N) is 2. The van der Waals surface area contributed by atoms with Crippen molar-refractivity contribution in [2.75, 3.05) is 39.0 Å². The van der Waals surface area contributed by atoms with Gasteiger partial charge in [-0.1, -0.05) is 23.2 Å². The van der Waals surface area contributed by atoms with Crippen molar-refractivity contribution in [2.24, 2.45) is 0 Å². The number of nitrogens with two attached hydrogens (primary N) is 1. The Kier molecular flexibility index (Phi) is 6.40. The highest BCUT2D eigenvalue weighted by molar-refractivity contribution is 6.38. The molecule has 4 nitrogen and oxygen atoms in total. The first-order valence-electron chi connectivity index (χ1n) is 6.17. The van der Waals surface area contributed by atoms with Crippen molar-refractivity contribution in [1.82, 2.24) is 9.80 Å². The highest BCUT2D eigenvalue weighted by atomic mass is 35.5. The van der Waals surface area contributed by atoms with Crippen LogP contribution in [-0.4, -0.2) is 48.9 Å². The lowest BCUT2D eigenvalue weighted by atomic mass is 10.1. The first-order valence-corrected chi connectivity index (χ1v) is 6.92. The van der Waals surface area contributed by atoms with E-state index in [-0.39, 0.29) is 18.3 Å². The number of likely N-dealkylation sites (N-methyl/N-ethyl adjacent to an activating group) is 1. The van der Waals surface area contributed by atoms with Gasteiger partial charge in [0.05, 0.1) is 22.2 Å². The molecule has 20 heavy (non-hydrogen) atoms. The van der Waals surface area contributed by atoms with E-state index in [1.54, 1.807) is 12.1 Å². The van der Waals surface area contributed by atoms with Crippen LogP contribution in [0.4, 0.5) is 5.69 Å². The maximum Gasteiger partial charge on any atom is 0.227 e. The van der Waals surface area contributed by atoms with Crippen LogP contribution in [0.15, 0.2) is 12.1 Å². The number of anilines is 1. The van der Waals surface area contributed by atoms with Gasteiger partial charge < -0.3 is 15.5 Å². The maximum absolute atomic E-state index is 12.2. The van der Waals surface area contributed by atoms with Gasteiger partial charge in [-0.2, -0.15) is 0 Å². The van der Waals surface area contributed by atoms with Gasteiger partial charge in [-0.15, -0.1) is 12.4 Å². The molecule has 0 bridgehead atoms. The number of amides is 1. The molecule has 1 heterocycles. The molecule has 1 aliphatic heterocycles. The Balaban J connectivity index is 0.00000200. The van der Waals surface area contributed by atoms with Crippen LogP contribution in [0.2, 0.25) is 10.0 Å². The summed E-state index contributed by atoms with van der Waals surface area (Å²) in [7, 11) is 2.06. The van der Waals surface area contributed by atoms with Crippen molar-refractivity contribution in [1.29, 1.82) is 0 Å². The van der Waals surface area contributed by atoms with E-state index in [0.29, 0.717) is 22.2 Å². The lowest BCUT2D eigenvalue weighted by molar-refractivity contribution is -0.132. The monoisotopic (exact) mass is 337 g/mol. The molecule has 1 aromatic carbocycles. The molecule has 1 fully saturated rings. The average Bonchev–Trinajstić information content (AvgIpc) is 2.36. The third-order valence-corrected chi connectivity index (χ3v) is 3.98. The number of piperazine rings is 1. The van der Waals surface area contributed by atoms with Crippen molar-refractivity contribution < 1.29 is 4.79 Å². The lowest BCUT2D eigenvalue weighted by Crippen LogP contribution is -2.47. The number of rotatable bonds is 2. The number of benzene rings is 1. The van der Waals surface area contributed by atoms with Gasteiger partial charge in [0.1, 0.15) is 0 Å². The van der Waals surface area contributed by atoms with Crippen LogP contribution in [-0.2, 0) is 11.2 Å². The van der Waals surface area contributed by atoms with Crippen LogP contribution in [0.5, 0.6) is 0 Å². The third-order valence-electron chi connectivity index (χ3n) is 3.35. The van der Waals surface area contributed by atoms with Gasteiger partial charge in [-0.3, -0.25) is 4.79 Å². The molecule has 112 valence electrons. The zero-order valence-electron chi connectivity index (χ0n) is 11.2. The Labute approximate surface area is 135 Å². The zero-order chi connectivity index (χ0) is 14.0. The van der Waals surface area contributed by atoms with Gasteiger partial charge in [-0.05, 0) is 24.7 Å². The molecule has 1 aliphatic rings. The predicted molar refractivity (Wildman–Crippen MR) is 85.9 cm³/mol. The Morgan fingerprint density at radius 2 is 1.70 bits per heavy atom. The van der Waals surface area contributed by atoms with Gasteiger partial charge in [-0.25, -0.2) is 0 Å². The van der Waals surface area contributed by atoms with Crippen molar-refractivity contribution in [3.63, 3.8) is 0 Å². The highest BCUT2D eigenvalue weighted by Crippen LogP contribution is 2.29. The summed E-state index contributed by atoms with van der Waals surface area (Å²) in [5, 5.41) is 0.794. The molecule has 0 spiro atoms. The summed E-state index contributed by atoms with van der Waals surface area (Å²) in [6, 6.07) is 3.41. The molecule has 1 saturated heterocycles. The molecule has 0 unspecified atom stereocenters. The molecule has 1 amide bonds. The minimum Gasteiger partial charge on any atom is -0.396 e. The number of carbonyl (C=O) groups excluding carboxylic acids is 1. The minimum absolute atomic E-state index is 0. The molecule has 0 atom stereocenters. The SMILES string of the molecule is CN1CCN(C(=O)Cc2cc(Cl)c(N)c(Cl)c2)CC1.Cl. The van der Waals surface area contributed by atoms with Gasteiger partial charge in [0, 0.05) is 26.2 Å². The van der Waals surface area contributed by atoms with Crippen LogP contribution in [0.1, 0.15) is 5.56 Å². The molecule has 2 N–H and O–H groups in total. The molecule has 0 aliphatic carbocycles. The zero-order valence-corrected chi connectivity index (χ0v) is 13.6. The fourth-order valence-corrected chi connectivity index (χ4v) is 2.61. The molecule has 1 aromatic rings. The number of carbonyl (C=O) groups is 1. The quantitative estimate of drug-likeness (QED) is 0.842. The van der Waals surface area contributed by atoms with E-state index < -0.39 is 0 Å². The second-order valence-electron chi connectivity index (χ2n) is 4.83. The Hall–Kier alpha value is -0.680. The van der Waals surface area contributed by atoms with Crippen LogP contribution < -0.4 is 5.73 Å². The molecule has 7 heteroatoms. The molecule has 0 aromatic heterocycles. The van der Waals surface area contributed by atoms with Crippen molar-refractivity contribution in [3.8, 4) is 0 Å². The van der Waals surface area contributed by atoms with E-state index in [4.69, 9.17) is 28.9 Å². The lowest BCUT2D eigenvalue weighted by Gasteiger charge is -2.32. The largest absolute Gasteiger partial charge is 0.396 e. The Morgan fingerprint density at radius 3 is 2.20 bits per heavy atom. The second kappa shape index (κ2) is 7.36. The fraction of sp³-hybridized carbons (Fsp3) is 0.462. The topological polar surface area (TPSA) is 49.6 Å². The Bertz CT molecular complexity index is 465. The second-order valence-corrected chi connectivity index (χ2v) is 5.65. The number of halogens is 3. The van der Waals surface area contributed by atoms with Crippen molar-refractivity contribution in [2.45, 2.75) is 6.42 Å².